The Balaban J connectivity index is 2.96. The lowest BCUT2D eigenvalue weighted by Gasteiger charge is -2.13. The molecule has 0 amide bonds. The van der Waals surface area contributed by atoms with Crippen LogP contribution in [0.4, 0.5) is 0 Å². The molecule has 0 unspecified atom stereocenters. The lowest BCUT2D eigenvalue weighted by atomic mass is 10.1. The predicted molar refractivity (Wildman–Crippen MR) is 62.4 cm³/mol. The summed E-state index contributed by atoms with van der Waals surface area (Å²) in [6.07, 6.45) is 1.71. The van der Waals surface area contributed by atoms with Gasteiger partial charge in [-0.25, -0.2) is 0 Å². The summed E-state index contributed by atoms with van der Waals surface area (Å²) < 4.78 is 6.49. The van der Waals surface area contributed by atoms with Gasteiger partial charge in [0, 0.05) is 16.1 Å². The monoisotopic (exact) mass is 255 g/mol. The maximum Gasteiger partial charge on any atom is 0.125 e. The molecule has 14 heavy (non-hydrogen) atoms. The van der Waals surface area contributed by atoms with Gasteiger partial charge in [-0.1, -0.05) is 34.7 Å². The van der Waals surface area contributed by atoms with E-state index in [1.807, 2.05) is 25.1 Å². The Morgan fingerprint density at radius 3 is 2.93 bits per heavy atom. The first-order chi connectivity index (χ1) is 6.65. The summed E-state index contributed by atoms with van der Waals surface area (Å²) in [5.41, 5.74) is 6.82. The third-order valence-corrected chi connectivity index (χ3v) is 2.32. The first kappa shape index (κ1) is 11.3. The van der Waals surface area contributed by atoms with Crippen molar-refractivity contribution >= 4 is 15.9 Å². The summed E-state index contributed by atoms with van der Waals surface area (Å²) in [5, 5.41) is 0. The van der Waals surface area contributed by atoms with Gasteiger partial charge in [0.2, 0.25) is 0 Å². The molecule has 0 heterocycles. The van der Waals surface area contributed by atoms with Gasteiger partial charge in [-0.15, -0.1) is 0 Å². The van der Waals surface area contributed by atoms with Crippen LogP contribution in [0.3, 0.4) is 0 Å². The lowest BCUT2D eigenvalue weighted by molar-refractivity contribution is 0.357. The van der Waals surface area contributed by atoms with Crippen LogP contribution in [0.5, 0.6) is 5.75 Å². The minimum Gasteiger partial charge on any atom is -0.489 e. The molecular weight excluding hydrogens is 242 g/mol. The quantitative estimate of drug-likeness (QED) is 0.840. The number of hydrogen-bond donors (Lipinski definition) is 1. The van der Waals surface area contributed by atoms with Crippen LogP contribution in [0.25, 0.3) is 0 Å². The molecule has 3 heteroatoms. The normalized spacial score (nSPS) is 12.2. The number of nitrogens with two attached hydrogens (primary N) is 1. The number of rotatable bonds is 4. The van der Waals surface area contributed by atoms with E-state index in [2.05, 4.69) is 22.5 Å². The fourth-order valence-electron chi connectivity index (χ4n) is 1.16. The summed E-state index contributed by atoms with van der Waals surface area (Å²) in [6, 6.07) is 5.82. The van der Waals surface area contributed by atoms with Crippen molar-refractivity contribution < 1.29 is 4.74 Å². The number of hydrogen-bond acceptors (Lipinski definition) is 2. The van der Waals surface area contributed by atoms with Gasteiger partial charge in [0.15, 0.2) is 0 Å². The molecule has 1 aromatic rings. The van der Waals surface area contributed by atoms with E-state index in [0.717, 1.165) is 15.8 Å². The highest BCUT2D eigenvalue weighted by Gasteiger charge is 2.07. The SMILES string of the molecule is C=CCOc1cc(Br)ccc1[C@H](C)N. The van der Waals surface area contributed by atoms with Gasteiger partial charge < -0.3 is 10.5 Å². The smallest absolute Gasteiger partial charge is 0.125 e. The molecule has 0 aromatic heterocycles. The molecule has 0 spiro atoms. The molecular formula is C11H14BrNO. The molecule has 0 fully saturated rings. The van der Waals surface area contributed by atoms with E-state index in [4.69, 9.17) is 10.5 Å². The van der Waals surface area contributed by atoms with Crippen molar-refractivity contribution in [2.75, 3.05) is 6.61 Å². The van der Waals surface area contributed by atoms with Gasteiger partial charge >= 0.3 is 0 Å². The van der Waals surface area contributed by atoms with Gasteiger partial charge in [0.25, 0.3) is 0 Å². The van der Waals surface area contributed by atoms with Gasteiger partial charge in [0.1, 0.15) is 12.4 Å². The van der Waals surface area contributed by atoms with Crippen molar-refractivity contribution in [3.63, 3.8) is 0 Å². The predicted octanol–water partition coefficient (Wildman–Crippen LogP) is 3.03. The lowest BCUT2D eigenvalue weighted by Crippen LogP contribution is -2.08. The van der Waals surface area contributed by atoms with Crippen LogP contribution in [0.15, 0.2) is 35.3 Å². The van der Waals surface area contributed by atoms with Gasteiger partial charge in [0.05, 0.1) is 0 Å². The van der Waals surface area contributed by atoms with Crippen molar-refractivity contribution in [3.8, 4) is 5.75 Å². The van der Waals surface area contributed by atoms with Crippen LogP contribution in [0.1, 0.15) is 18.5 Å². The van der Waals surface area contributed by atoms with Crippen LogP contribution in [0.2, 0.25) is 0 Å². The zero-order chi connectivity index (χ0) is 10.6. The largest absolute Gasteiger partial charge is 0.489 e. The van der Waals surface area contributed by atoms with Gasteiger partial charge in [-0.05, 0) is 19.1 Å². The first-order valence-electron chi connectivity index (χ1n) is 4.44. The Hall–Kier alpha value is -0.800. The number of halogens is 1. The van der Waals surface area contributed by atoms with Crippen molar-refractivity contribution in [3.05, 3.63) is 40.9 Å². The number of ether oxygens (including phenoxy) is 1. The molecule has 0 aliphatic rings. The molecule has 0 radical (unpaired) electrons. The van der Waals surface area contributed by atoms with Crippen molar-refractivity contribution in [2.45, 2.75) is 13.0 Å². The second-order valence-corrected chi connectivity index (χ2v) is 3.99. The zero-order valence-corrected chi connectivity index (χ0v) is 9.75. The van der Waals surface area contributed by atoms with E-state index < -0.39 is 0 Å². The fraction of sp³-hybridized carbons (Fsp3) is 0.273. The van der Waals surface area contributed by atoms with E-state index in [0.29, 0.717) is 6.61 Å². The zero-order valence-electron chi connectivity index (χ0n) is 8.16. The third kappa shape index (κ3) is 2.86. The summed E-state index contributed by atoms with van der Waals surface area (Å²) >= 11 is 3.39. The van der Waals surface area contributed by atoms with Gasteiger partial charge in [-0.2, -0.15) is 0 Å². The van der Waals surface area contributed by atoms with Crippen LogP contribution >= 0.6 is 15.9 Å². The molecule has 0 saturated carbocycles. The highest BCUT2D eigenvalue weighted by Crippen LogP contribution is 2.27. The standard InChI is InChI=1S/C11H14BrNO/c1-3-6-14-11-7-9(12)4-5-10(11)8(2)13/h3-5,7-8H,1,6,13H2,2H3/t8-/m0/s1. The van der Waals surface area contributed by atoms with Crippen molar-refractivity contribution in [2.24, 2.45) is 5.73 Å². The molecule has 76 valence electrons. The average Bonchev–Trinajstić information content (AvgIpc) is 2.14. The minimum atomic E-state index is -0.0251. The van der Waals surface area contributed by atoms with Crippen LogP contribution in [-0.2, 0) is 0 Å². The minimum absolute atomic E-state index is 0.0251. The first-order valence-corrected chi connectivity index (χ1v) is 5.23. The van der Waals surface area contributed by atoms with E-state index >= 15 is 0 Å². The number of benzene rings is 1. The fourth-order valence-corrected chi connectivity index (χ4v) is 1.50. The highest BCUT2D eigenvalue weighted by molar-refractivity contribution is 9.10. The Morgan fingerprint density at radius 2 is 2.36 bits per heavy atom. The average molecular weight is 256 g/mol. The summed E-state index contributed by atoms with van der Waals surface area (Å²) in [7, 11) is 0. The second kappa shape index (κ2) is 5.17. The van der Waals surface area contributed by atoms with Crippen molar-refractivity contribution in [1.29, 1.82) is 0 Å². The molecule has 0 aliphatic carbocycles. The topological polar surface area (TPSA) is 35.2 Å². The summed E-state index contributed by atoms with van der Waals surface area (Å²) in [5.74, 6) is 0.814. The molecule has 1 atom stereocenters. The Bertz CT molecular complexity index is 323. The van der Waals surface area contributed by atoms with E-state index in [1.165, 1.54) is 0 Å². The van der Waals surface area contributed by atoms with Crippen LogP contribution in [0, 0.1) is 0 Å². The Morgan fingerprint density at radius 1 is 1.64 bits per heavy atom. The van der Waals surface area contributed by atoms with Gasteiger partial charge in [-0.3, -0.25) is 0 Å². The molecule has 0 saturated heterocycles. The molecule has 1 aromatic carbocycles. The molecule has 0 aliphatic heterocycles. The Kier molecular flexibility index (Phi) is 4.17. The molecule has 0 bridgehead atoms. The maximum absolute atomic E-state index is 5.82. The summed E-state index contributed by atoms with van der Waals surface area (Å²) in [6.45, 7) is 6.04. The van der Waals surface area contributed by atoms with E-state index in [9.17, 15) is 0 Å². The molecule has 2 nitrogen and oxygen atoms in total. The second-order valence-electron chi connectivity index (χ2n) is 3.07. The third-order valence-electron chi connectivity index (χ3n) is 1.82. The highest BCUT2D eigenvalue weighted by atomic mass is 79.9. The Labute approximate surface area is 92.9 Å². The van der Waals surface area contributed by atoms with Crippen molar-refractivity contribution in [1.82, 2.24) is 0 Å². The van der Waals surface area contributed by atoms with Crippen LogP contribution in [-0.4, -0.2) is 6.61 Å². The maximum atomic E-state index is 5.82. The molecule has 1 rings (SSSR count). The summed E-state index contributed by atoms with van der Waals surface area (Å²) in [4.78, 5) is 0. The molecule has 2 N–H and O–H groups in total. The van der Waals surface area contributed by atoms with E-state index in [-0.39, 0.29) is 6.04 Å². The van der Waals surface area contributed by atoms with Crippen LogP contribution < -0.4 is 10.5 Å². The van der Waals surface area contributed by atoms with E-state index in [1.54, 1.807) is 6.08 Å².